The Labute approximate surface area is 103 Å². The lowest BCUT2D eigenvalue weighted by Crippen LogP contribution is -2.09. The molecule has 1 rings (SSSR count). The SMILES string of the molecule is CCCSNc1ccc(F)c(C(=O)OC)c1F. The number of nitrogens with one attached hydrogen (secondary N) is 1. The monoisotopic (exact) mass is 261 g/mol. The normalized spacial score (nSPS) is 10.1. The van der Waals surface area contributed by atoms with E-state index < -0.39 is 23.2 Å². The average molecular weight is 261 g/mol. The first kappa shape index (κ1) is 13.8. The van der Waals surface area contributed by atoms with Crippen LogP contribution in [-0.4, -0.2) is 18.8 Å². The van der Waals surface area contributed by atoms with E-state index in [1.54, 1.807) is 0 Å². The van der Waals surface area contributed by atoms with Crippen molar-refractivity contribution >= 4 is 23.6 Å². The van der Waals surface area contributed by atoms with Gasteiger partial charge in [0.1, 0.15) is 11.4 Å². The van der Waals surface area contributed by atoms with Crippen LogP contribution >= 0.6 is 11.9 Å². The summed E-state index contributed by atoms with van der Waals surface area (Å²) in [6, 6.07) is 2.28. The second-order valence-electron chi connectivity index (χ2n) is 3.23. The highest BCUT2D eigenvalue weighted by Crippen LogP contribution is 2.24. The lowest BCUT2D eigenvalue weighted by atomic mass is 10.2. The van der Waals surface area contributed by atoms with Crippen LogP contribution in [0.15, 0.2) is 12.1 Å². The van der Waals surface area contributed by atoms with Crippen molar-refractivity contribution in [2.45, 2.75) is 13.3 Å². The molecular formula is C11H13F2NO2S. The van der Waals surface area contributed by atoms with Gasteiger partial charge in [-0.3, -0.25) is 0 Å². The maximum atomic E-state index is 13.8. The molecule has 0 unspecified atom stereocenters. The number of anilines is 1. The number of benzene rings is 1. The zero-order chi connectivity index (χ0) is 12.8. The molecule has 0 aromatic heterocycles. The van der Waals surface area contributed by atoms with Crippen LogP contribution in [0.1, 0.15) is 23.7 Å². The summed E-state index contributed by atoms with van der Waals surface area (Å²) < 4.78 is 34.1. The molecule has 0 atom stereocenters. The molecule has 3 nitrogen and oxygen atoms in total. The highest BCUT2D eigenvalue weighted by Gasteiger charge is 2.20. The van der Waals surface area contributed by atoms with Crippen molar-refractivity contribution in [3.05, 3.63) is 29.3 Å². The quantitative estimate of drug-likeness (QED) is 0.502. The van der Waals surface area contributed by atoms with Gasteiger partial charge in [-0.15, -0.1) is 0 Å². The van der Waals surface area contributed by atoms with Crippen molar-refractivity contribution in [1.82, 2.24) is 0 Å². The molecule has 0 bridgehead atoms. The van der Waals surface area contributed by atoms with Gasteiger partial charge in [0.05, 0.1) is 12.8 Å². The number of carbonyl (C=O) groups is 1. The molecule has 0 heterocycles. The van der Waals surface area contributed by atoms with Gasteiger partial charge in [0.15, 0.2) is 5.82 Å². The van der Waals surface area contributed by atoms with Gasteiger partial charge >= 0.3 is 5.97 Å². The van der Waals surface area contributed by atoms with E-state index in [-0.39, 0.29) is 5.69 Å². The van der Waals surface area contributed by atoms with Gasteiger partial charge in [-0.05, 0) is 18.6 Å². The van der Waals surface area contributed by atoms with Crippen molar-refractivity contribution in [2.24, 2.45) is 0 Å². The topological polar surface area (TPSA) is 38.3 Å². The van der Waals surface area contributed by atoms with Crippen molar-refractivity contribution in [1.29, 1.82) is 0 Å². The number of hydrogen-bond acceptors (Lipinski definition) is 4. The van der Waals surface area contributed by atoms with Gasteiger partial charge in [0.2, 0.25) is 0 Å². The molecule has 6 heteroatoms. The molecule has 1 aromatic carbocycles. The van der Waals surface area contributed by atoms with Crippen LogP contribution in [0.25, 0.3) is 0 Å². The minimum Gasteiger partial charge on any atom is -0.465 e. The van der Waals surface area contributed by atoms with E-state index in [9.17, 15) is 13.6 Å². The molecule has 17 heavy (non-hydrogen) atoms. The first-order valence-corrected chi connectivity index (χ1v) is 6.04. The lowest BCUT2D eigenvalue weighted by Gasteiger charge is -2.09. The van der Waals surface area contributed by atoms with E-state index >= 15 is 0 Å². The van der Waals surface area contributed by atoms with Crippen LogP contribution in [-0.2, 0) is 4.74 Å². The third-order valence-corrected chi connectivity index (χ3v) is 2.95. The third kappa shape index (κ3) is 3.33. The molecule has 0 aliphatic heterocycles. The van der Waals surface area contributed by atoms with Gasteiger partial charge in [0, 0.05) is 5.75 Å². The van der Waals surface area contributed by atoms with Crippen LogP contribution in [0.3, 0.4) is 0 Å². The number of rotatable bonds is 5. The minimum atomic E-state index is -1.02. The van der Waals surface area contributed by atoms with Gasteiger partial charge in [-0.25, -0.2) is 13.6 Å². The standard InChI is InChI=1S/C11H13F2NO2S/c1-3-6-17-14-8-5-4-7(12)9(10(8)13)11(15)16-2/h4-5,14H,3,6H2,1-2H3. The molecule has 0 aliphatic rings. The Hall–Kier alpha value is -1.30. The molecule has 1 N–H and O–H groups in total. The maximum Gasteiger partial charge on any atom is 0.343 e. The van der Waals surface area contributed by atoms with Gasteiger partial charge in [-0.1, -0.05) is 18.9 Å². The zero-order valence-corrected chi connectivity index (χ0v) is 10.4. The van der Waals surface area contributed by atoms with E-state index in [0.717, 1.165) is 25.3 Å². The molecule has 0 aliphatic carbocycles. The van der Waals surface area contributed by atoms with Crippen LogP contribution in [0.2, 0.25) is 0 Å². The molecule has 0 radical (unpaired) electrons. The van der Waals surface area contributed by atoms with E-state index in [4.69, 9.17) is 0 Å². The second kappa shape index (κ2) is 6.44. The fourth-order valence-corrected chi connectivity index (χ4v) is 1.77. The molecule has 0 amide bonds. The number of ether oxygens (including phenoxy) is 1. The van der Waals surface area contributed by atoms with E-state index in [1.807, 2.05) is 6.92 Å². The van der Waals surface area contributed by atoms with Crippen molar-refractivity contribution < 1.29 is 18.3 Å². The highest BCUT2D eigenvalue weighted by molar-refractivity contribution is 8.00. The van der Waals surface area contributed by atoms with Gasteiger partial charge in [-0.2, -0.15) is 0 Å². The Morgan fingerprint density at radius 2 is 2.18 bits per heavy atom. The predicted molar refractivity (Wildman–Crippen MR) is 64.1 cm³/mol. The summed E-state index contributed by atoms with van der Waals surface area (Å²) in [6.07, 6.45) is 0.921. The third-order valence-electron chi connectivity index (χ3n) is 1.97. The summed E-state index contributed by atoms with van der Waals surface area (Å²) in [5.74, 6) is -2.10. The van der Waals surface area contributed by atoms with Crippen molar-refractivity contribution in [2.75, 3.05) is 17.6 Å². The number of hydrogen-bond donors (Lipinski definition) is 1. The summed E-state index contributed by atoms with van der Waals surface area (Å²) in [6.45, 7) is 1.98. The van der Waals surface area contributed by atoms with Crippen LogP contribution in [0.4, 0.5) is 14.5 Å². The Morgan fingerprint density at radius 1 is 1.47 bits per heavy atom. The summed E-state index contributed by atoms with van der Waals surface area (Å²) in [7, 11) is 1.08. The zero-order valence-electron chi connectivity index (χ0n) is 9.55. The summed E-state index contributed by atoms with van der Waals surface area (Å²) >= 11 is 1.29. The number of methoxy groups -OCH3 is 1. The minimum absolute atomic E-state index is 0.0743. The molecular weight excluding hydrogens is 248 g/mol. The Bertz CT molecular complexity index is 413. The Kier molecular flexibility index (Phi) is 5.21. The summed E-state index contributed by atoms with van der Waals surface area (Å²) in [4.78, 5) is 11.2. The van der Waals surface area contributed by atoms with Crippen LogP contribution in [0.5, 0.6) is 0 Å². The van der Waals surface area contributed by atoms with E-state index in [1.165, 1.54) is 18.0 Å². The lowest BCUT2D eigenvalue weighted by molar-refractivity contribution is 0.0590. The second-order valence-corrected chi connectivity index (χ2v) is 4.13. The number of halogens is 2. The predicted octanol–water partition coefficient (Wildman–Crippen LogP) is 3.22. The average Bonchev–Trinajstić information content (AvgIpc) is 2.32. The smallest absolute Gasteiger partial charge is 0.343 e. The molecule has 0 fully saturated rings. The molecule has 94 valence electrons. The maximum absolute atomic E-state index is 13.8. The molecule has 0 spiro atoms. The van der Waals surface area contributed by atoms with Gasteiger partial charge in [0.25, 0.3) is 0 Å². The molecule has 0 saturated heterocycles. The molecule has 0 saturated carbocycles. The first-order valence-electron chi connectivity index (χ1n) is 5.06. The fourth-order valence-electron chi connectivity index (χ4n) is 1.15. The van der Waals surface area contributed by atoms with Crippen LogP contribution in [0, 0.1) is 11.6 Å². The first-order chi connectivity index (χ1) is 8.11. The van der Waals surface area contributed by atoms with Crippen molar-refractivity contribution in [3.63, 3.8) is 0 Å². The Morgan fingerprint density at radius 3 is 2.76 bits per heavy atom. The van der Waals surface area contributed by atoms with E-state index in [2.05, 4.69) is 9.46 Å². The molecule has 1 aromatic rings. The van der Waals surface area contributed by atoms with Gasteiger partial charge < -0.3 is 9.46 Å². The number of carbonyl (C=O) groups excluding carboxylic acids is 1. The summed E-state index contributed by atoms with van der Waals surface area (Å²) in [5.41, 5.74) is -0.597. The fraction of sp³-hybridized carbons (Fsp3) is 0.364. The van der Waals surface area contributed by atoms with E-state index in [0.29, 0.717) is 0 Å². The summed E-state index contributed by atoms with van der Waals surface area (Å²) in [5, 5.41) is 0. The Balaban J connectivity index is 2.97. The van der Waals surface area contributed by atoms with Crippen molar-refractivity contribution in [3.8, 4) is 0 Å². The van der Waals surface area contributed by atoms with Crippen LogP contribution < -0.4 is 4.72 Å². The number of esters is 1. The highest BCUT2D eigenvalue weighted by atomic mass is 32.2. The largest absolute Gasteiger partial charge is 0.465 e.